The van der Waals surface area contributed by atoms with Crippen LogP contribution in [0.4, 0.5) is 0 Å². The van der Waals surface area contributed by atoms with Crippen molar-refractivity contribution in [2.24, 2.45) is 0 Å². The molecule has 0 amide bonds. The van der Waals surface area contributed by atoms with Gasteiger partial charge in [-0.2, -0.15) is 0 Å². The summed E-state index contributed by atoms with van der Waals surface area (Å²) in [6, 6.07) is 47.0. The lowest BCUT2D eigenvalue weighted by Gasteiger charge is -2.36. The molecule has 0 unspecified atom stereocenters. The Balaban J connectivity index is 1.34. The number of hydrogen-bond donors (Lipinski definition) is 2. The van der Waals surface area contributed by atoms with Gasteiger partial charge >= 0.3 is 5.97 Å². The average Bonchev–Trinajstić information content (AvgIpc) is 3.80. The van der Waals surface area contributed by atoms with Crippen LogP contribution in [-0.2, 0) is 24.1 Å². The number of rotatable bonds is 11. The molecule has 2 heterocycles. The fraction of sp³-hybridized carbons (Fsp3) is 0.167. The molecule has 0 saturated heterocycles. The van der Waals surface area contributed by atoms with E-state index in [1.165, 1.54) is 0 Å². The van der Waals surface area contributed by atoms with Crippen LogP contribution in [0.2, 0.25) is 0 Å². The van der Waals surface area contributed by atoms with Crippen molar-refractivity contribution in [3.05, 3.63) is 179 Å². The highest BCUT2D eigenvalue weighted by Gasteiger charge is 2.42. The highest BCUT2D eigenvalue weighted by Crippen LogP contribution is 2.43. The monoisotopic (exact) mass is 674 g/mol. The minimum Gasteiger partial charge on any atom is -0.477 e. The van der Waals surface area contributed by atoms with Crippen LogP contribution in [0.5, 0.6) is 0 Å². The van der Waals surface area contributed by atoms with Gasteiger partial charge in [-0.05, 0) is 57.7 Å². The number of nitrogens with zero attached hydrogens (tertiary/aromatic N) is 6. The lowest BCUT2D eigenvalue weighted by Crippen LogP contribution is -2.39. The van der Waals surface area contributed by atoms with E-state index in [4.69, 9.17) is 5.21 Å². The summed E-state index contributed by atoms with van der Waals surface area (Å²) in [4.78, 5) is 16.9. The summed E-state index contributed by atoms with van der Waals surface area (Å²) >= 11 is 0. The predicted molar refractivity (Wildman–Crippen MR) is 196 cm³/mol. The van der Waals surface area contributed by atoms with Crippen molar-refractivity contribution in [1.82, 2.24) is 29.8 Å². The summed E-state index contributed by atoms with van der Waals surface area (Å²) in [6.45, 7) is 5.32. The Hall–Kier alpha value is -6.19. The summed E-state index contributed by atoms with van der Waals surface area (Å²) in [6.07, 6.45) is 0.521. The van der Waals surface area contributed by atoms with Crippen molar-refractivity contribution in [2.75, 3.05) is 0 Å². The fourth-order valence-electron chi connectivity index (χ4n) is 6.97. The zero-order valence-corrected chi connectivity index (χ0v) is 28.7. The number of aliphatic hydroxyl groups is 1. The molecule has 0 radical (unpaired) electrons. The van der Waals surface area contributed by atoms with E-state index in [-0.39, 0.29) is 11.4 Å². The van der Waals surface area contributed by atoms with E-state index in [1.54, 1.807) is 18.4 Å². The minimum atomic E-state index is -1.40. The van der Waals surface area contributed by atoms with Crippen LogP contribution >= 0.6 is 0 Å². The summed E-state index contributed by atoms with van der Waals surface area (Å²) in [7, 11) is 0. The Labute approximate surface area is 296 Å². The molecule has 0 atom stereocenters. The molecule has 254 valence electrons. The quantitative estimate of drug-likeness (QED) is 0.136. The average molecular weight is 675 g/mol. The molecule has 9 nitrogen and oxygen atoms in total. The van der Waals surface area contributed by atoms with E-state index in [0.717, 1.165) is 38.9 Å². The zero-order chi connectivity index (χ0) is 35.6. The van der Waals surface area contributed by atoms with E-state index >= 15 is 0 Å². The van der Waals surface area contributed by atoms with Crippen LogP contribution in [0.1, 0.15) is 65.0 Å². The standard InChI is InChI=1S/C42H38N6O3/c1-4-36-43-38(41(2,3)51)37(40(49)50)47(36)28-29-24-26-30(27-25-29)34-22-14-15-23-35(34)39-44-45-46-48(39)42(31-16-8-5-9-17-31,32-18-10-6-11-19-32)33-20-12-7-13-21-33/h5-27,51H,4,28H2,1-3H3,(H,49,50). The second-order valence-electron chi connectivity index (χ2n) is 13.0. The number of aryl methyl sites for hydroxylation is 1. The first-order valence-corrected chi connectivity index (χ1v) is 16.9. The Kier molecular flexibility index (Phi) is 8.89. The maximum atomic E-state index is 12.4. The number of benzene rings is 5. The number of hydrogen-bond acceptors (Lipinski definition) is 6. The number of carboxylic acids is 1. The molecule has 0 aliphatic carbocycles. The molecular weight excluding hydrogens is 637 g/mol. The van der Waals surface area contributed by atoms with E-state index < -0.39 is 17.1 Å². The van der Waals surface area contributed by atoms with Gasteiger partial charge in [0, 0.05) is 18.5 Å². The third-order valence-electron chi connectivity index (χ3n) is 9.28. The molecule has 51 heavy (non-hydrogen) atoms. The molecule has 0 bridgehead atoms. The Morgan fingerprint density at radius 2 is 1.22 bits per heavy atom. The fourth-order valence-corrected chi connectivity index (χ4v) is 6.97. The summed E-state index contributed by atoms with van der Waals surface area (Å²) in [5.41, 5.74) is 4.54. The molecule has 0 aliphatic rings. The van der Waals surface area contributed by atoms with Crippen LogP contribution in [-0.4, -0.2) is 45.9 Å². The smallest absolute Gasteiger partial charge is 0.354 e. The van der Waals surface area contributed by atoms with Crippen LogP contribution in [0.25, 0.3) is 22.5 Å². The predicted octanol–water partition coefficient (Wildman–Crippen LogP) is 7.58. The second kappa shape index (κ2) is 13.6. The molecular formula is C42H38N6O3. The van der Waals surface area contributed by atoms with Crippen LogP contribution in [0.3, 0.4) is 0 Å². The maximum absolute atomic E-state index is 12.4. The van der Waals surface area contributed by atoms with Gasteiger partial charge in [0.25, 0.3) is 0 Å². The highest BCUT2D eigenvalue weighted by atomic mass is 16.4. The summed E-state index contributed by atoms with van der Waals surface area (Å²) < 4.78 is 3.61. The van der Waals surface area contributed by atoms with Gasteiger partial charge in [-0.1, -0.05) is 146 Å². The van der Waals surface area contributed by atoms with E-state index in [1.807, 2.05) is 109 Å². The SMILES string of the molecule is CCc1nc(C(C)(C)O)c(C(=O)O)n1Cc1ccc(-c2ccccc2-c2nnnn2C(c2ccccc2)(c2ccccc2)c2ccccc2)cc1. The van der Waals surface area contributed by atoms with Crippen molar-refractivity contribution in [3.63, 3.8) is 0 Å². The maximum Gasteiger partial charge on any atom is 0.354 e. The van der Waals surface area contributed by atoms with Gasteiger partial charge in [-0.3, -0.25) is 0 Å². The molecule has 0 saturated carbocycles. The number of tetrazole rings is 1. The topological polar surface area (TPSA) is 119 Å². The molecule has 2 N–H and O–H groups in total. The highest BCUT2D eigenvalue weighted by molar-refractivity contribution is 5.87. The van der Waals surface area contributed by atoms with Gasteiger partial charge in [0.2, 0.25) is 0 Å². The van der Waals surface area contributed by atoms with Crippen molar-refractivity contribution in [1.29, 1.82) is 0 Å². The summed E-state index contributed by atoms with van der Waals surface area (Å²) in [5, 5.41) is 34.5. The number of carbonyl (C=O) groups is 1. The first-order chi connectivity index (χ1) is 24.7. The first-order valence-electron chi connectivity index (χ1n) is 16.9. The van der Waals surface area contributed by atoms with E-state index in [0.29, 0.717) is 24.6 Å². The first kappa shape index (κ1) is 33.3. The van der Waals surface area contributed by atoms with Crippen LogP contribution in [0, 0.1) is 0 Å². The van der Waals surface area contributed by atoms with Gasteiger partial charge in [-0.15, -0.1) is 5.10 Å². The number of aromatic carboxylic acids is 1. The van der Waals surface area contributed by atoms with Gasteiger partial charge in [0.1, 0.15) is 22.7 Å². The third-order valence-corrected chi connectivity index (χ3v) is 9.28. The number of aromatic nitrogens is 6. The molecule has 2 aromatic heterocycles. The molecule has 0 fully saturated rings. The Bertz CT molecular complexity index is 2180. The Morgan fingerprint density at radius 3 is 1.71 bits per heavy atom. The lowest BCUT2D eigenvalue weighted by molar-refractivity contribution is 0.0602. The van der Waals surface area contributed by atoms with Crippen LogP contribution in [0.15, 0.2) is 140 Å². The van der Waals surface area contributed by atoms with Crippen molar-refractivity contribution in [2.45, 2.75) is 44.9 Å². The largest absolute Gasteiger partial charge is 0.477 e. The Morgan fingerprint density at radius 1 is 0.706 bits per heavy atom. The lowest BCUT2D eigenvalue weighted by atomic mass is 9.77. The van der Waals surface area contributed by atoms with Gasteiger partial charge in [-0.25, -0.2) is 14.5 Å². The van der Waals surface area contributed by atoms with Crippen molar-refractivity contribution < 1.29 is 15.0 Å². The molecule has 5 aromatic carbocycles. The van der Waals surface area contributed by atoms with Crippen molar-refractivity contribution in [3.8, 4) is 22.5 Å². The number of imidazole rings is 1. The molecule has 0 aliphatic heterocycles. The van der Waals surface area contributed by atoms with E-state index in [9.17, 15) is 15.0 Å². The third kappa shape index (κ3) is 6.02. The van der Waals surface area contributed by atoms with E-state index in [2.05, 4.69) is 57.8 Å². The second-order valence-corrected chi connectivity index (χ2v) is 13.0. The van der Waals surface area contributed by atoms with Gasteiger partial charge in [0.15, 0.2) is 11.5 Å². The van der Waals surface area contributed by atoms with Gasteiger partial charge in [0.05, 0.1) is 0 Å². The van der Waals surface area contributed by atoms with Gasteiger partial charge < -0.3 is 14.8 Å². The molecule has 7 rings (SSSR count). The molecule has 0 spiro atoms. The summed E-state index contributed by atoms with van der Waals surface area (Å²) in [5.74, 6) is 0.0761. The van der Waals surface area contributed by atoms with Crippen molar-refractivity contribution >= 4 is 5.97 Å². The normalized spacial score (nSPS) is 11.8. The molecule has 9 heteroatoms. The minimum absolute atomic E-state index is 0.000611. The zero-order valence-electron chi connectivity index (χ0n) is 28.7. The van der Waals surface area contributed by atoms with Crippen LogP contribution < -0.4 is 0 Å². The number of carboxylic acid groups (broad SMARTS) is 1. The molecule has 7 aromatic rings.